The van der Waals surface area contributed by atoms with Crippen molar-refractivity contribution in [1.82, 2.24) is 20.0 Å². The summed E-state index contributed by atoms with van der Waals surface area (Å²) in [7, 11) is 0. The van der Waals surface area contributed by atoms with Crippen LogP contribution in [0.25, 0.3) is 11.5 Å². The molecule has 0 aliphatic rings. The van der Waals surface area contributed by atoms with E-state index < -0.39 is 16.9 Å². The van der Waals surface area contributed by atoms with Gasteiger partial charge in [-0.05, 0) is 19.1 Å². The summed E-state index contributed by atoms with van der Waals surface area (Å²) in [5.41, 5.74) is -0.0714. The number of hydrogen-bond donors (Lipinski definition) is 0. The zero-order valence-electron chi connectivity index (χ0n) is 12.5. The van der Waals surface area contributed by atoms with Gasteiger partial charge >= 0.3 is 6.18 Å². The Balaban J connectivity index is 1.74. The molecule has 0 saturated carbocycles. The number of aryl methyl sites for hydroxylation is 2. The van der Waals surface area contributed by atoms with Gasteiger partial charge < -0.3 is 4.42 Å². The van der Waals surface area contributed by atoms with E-state index in [2.05, 4.69) is 15.3 Å². The Morgan fingerprint density at radius 3 is 2.50 bits per heavy atom. The molecule has 24 heavy (non-hydrogen) atoms. The van der Waals surface area contributed by atoms with E-state index in [-0.39, 0.29) is 18.7 Å². The van der Waals surface area contributed by atoms with Gasteiger partial charge in [0.05, 0.1) is 17.3 Å². The van der Waals surface area contributed by atoms with Crippen LogP contribution >= 0.6 is 11.6 Å². The van der Waals surface area contributed by atoms with Crippen molar-refractivity contribution in [3.63, 3.8) is 0 Å². The van der Waals surface area contributed by atoms with Gasteiger partial charge in [-0.25, -0.2) is 0 Å². The molecule has 126 valence electrons. The lowest BCUT2D eigenvalue weighted by atomic mass is 10.2. The van der Waals surface area contributed by atoms with Crippen molar-refractivity contribution in [2.45, 2.75) is 26.1 Å². The Labute approximate surface area is 140 Å². The molecule has 3 aromatic rings. The number of benzene rings is 1. The van der Waals surface area contributed by atoms with E-state index in [1.807, 2.05) is 30.3 Å². The van der Waals surface area contributed by atoms with Gasteiger partial charge in [0, 0.05) is 12.0 Å². The summed E-state index contributed by atoms with van der Waals surface area (Å²) >= 11 is 5.71. The van der Waals surface area contributed by atoms with Crippen LogP contribution in [0.4, 0.5) is 13.2 Å². The maximum Gasteiger partial charge on any atom is 0.436 e. The summed E-state index contributed by atoms with van der Waals surface area (Å²) in [5.74, 6) is 0.672. The van der Waals surface area contributed by atoms with Crippen molar-refractivity contribution in [2.24, 2.45) is 0 Å². The summed E-state index contributed by atoms with van der Waals surface area (Å²) in [6.45, 7) is 1.63. The highest BCUT2D eigenvalue weighted by Gasteiger charge is 2.38. The highest BCUT2D eigenvalue weighted by Crippen LogP contribution is 2.35. The van der Waals surface area contributed by atoms with Gasteiger partial charge in [0.2, 0.25) is 11.8 Å². The summed E-state index contributed by atoms with van der Waals surface area (Å²) in [6.07, 6.45) is -4.34. The number of nitrogens with zero attached hydrogens (tertiary/aromatic N) is 4. The summed E-state index contributed by atoms with van der Waals surface area (Å²) in [5, 5.41) is 11.0. The summed E-state index contributed by atoms with van der Waals surface area (Å²) in [4.78, 5) is 0. The Kier molecular flexibility index (Phi) is 4.31. The van der Waals surface area contributed by atoms with E-state index in [1.165, 1.54) is 11.6 Å². The van der Waals surface area contributed by atoms with E-state index in [9.17, 15) is 13.2 Å². The maximum atomic E-state index is 12.8. The number of hydrogen-bond acceptors (Lipinski definition) is 4. The van der Waals surface area contributed by atoms with Gasteiger partial charge in [-0.2, -0.15) is 18.3 Å². The lowest BCUT2D eigenvalue weighted by Gasteiger charge is -2.02. The van der Waals surface area contributed by atoms with Crippen LogP contribution < -0.4 is 0 Å². The third-order valence-corrected chi connectivity index (χ3v) is 3.88. The van der Waals surface area contributed by atoms with Gasteiger partial charge in [0.25, 0.3) is 0 Å². The van der Waals surface area contributed by atoms with Crippen molar-refractivity contribution in [3.05, 3.63) is 52.6 Å². The minimum Gasteiger partial charge on any atom is -0.421 e. The zero-order chi connectivity index (χ0) is 17.3. The SMILES string of the molecule is Cc1c(Cl)c(C(F)(F)F)nn1CCc1nnc(-c2ccccc2)o1. The van der Waals surface area contributed by atoms with E-state index >= 15 is 0 Å². The Morgan fingerprint density at radius 2 is 1.88 bits per heavy atom. The average Bonchev–Trinajstić information content (AvgIpc) is 3.12. The van der Waals surface area contributed by atoms with E-state index in [0.29, 0.717) is 11.8 Å². The first kappa shape index (κ1) is 16.5. The molecule has 1 aromatic carbocycles. The molecule has 9 heteroatoms. The standard InChI is InChI=1S/C15H12ClF3N4O/c1-9-12(16)13(15(17,18)19)22-23(9)8-7-11-20-21-14(24-11)10-5-3-2-4-6-10/h2-6H,7-8H2,1H3. The number of aromatic nitrogens is 4. The van der Waals surface area contributed by atoms with Crippen LogP contribution in [-0.2, 0) is 19.1 Å². The topological polar surface area (TPSA) is 56.7 Å². The molecular weight excluding hydrogens is 345 g/mol. The molecular formula is C15H12ClF3N4O. The molecule has 0 aliphatic heterocycles. The number of halogens is 4. The van der Waals surface area contributed by atoms with Crippen molar-refractivity contribution in [1.29, 1.82) is 0 Å². The Bertz CT molecular complexity index is 842. The fourth-order valence-electron chi connectivity index (χ4n) is 2.18. The molecule has 2 aromatic heterocycles. The molecule has 0 bridgehead atoms. The molecule has 0 unspecified atom stereocenters. The van der Waals surface area contributed by atoms with E-state index in [0.717, 1.165) is 5.56 Å². The monoisotopic (exact) mass is 356 g/mol. The van der Waals surface area contributed by atoms with Gasteiger partial charge in [0.15, 0.2) is 5.69 Å². The minimum atomic E-state index is -4.59. The Morgan fingerprint density at radius 1 is 1.17 bits per heavy atom. The lowest BCUT2D eigenvalue weighted by molar-refractivity contribution is -0.141. The second kappa shape index (κ2) is 6.27. The highest BCUT2D eigenvalue weighted by molar-refractivity contribution is 6.31. The second-order valence-corrected chi connectivity index (χ2v) is 5.46. The van der Waals surface area contributed by atoms with Gasteiger partial charge in [-0.3, -0.25) is 4.68 Å². The first-order valence-electron chi connectivity index (χ1n) is 7.04. The molecule has 0 atom stereocenters. The Hall–Kier alpha value is -2.35. The van der Waals surface area contributed by atoms with Crippen molar-refractivity contribution in [3.8, 4) is 11.5 Å². The van der Waals surface area contributed by atoms with Gasteiger partial charge in [-0.1, -0.05) is 29.8 Å². The average molecular weight is 357 g/mol. The molecule has 0 amide bonds. The second-order valence-electron chi connectivity index (χ2n) is 5.09. The largest absolute Gasteiger partial charge is 0.436 e. The highest BCUT2D eigenvalue weighted by atomic mass is 35.5. The van der Waals surface area contributed by atoms with Crippen LogP contribution in [-0.4, -0.2) is 20.0 Å². The quantitative estimate of drug-likeness (QED) is 0.704. The van der Waals surface area contributed by atoms with Crippen molar-refractivity contribution >= 4 is 11.6 Å². The number of alkyl halides is 3. The van der Waals surface area contributed by atoms with Crippen LogP contribution in [0.2, 0.25) is 5.02 Å². The maximum absolute atomic E-state index is 12.8. The third kappa shape index (κ3) is 3.28. The number of rotatable bonds is 4. The van der Waals surface area contributed by atoms with Crippen LogP contribution in [0.1, 0.15) is 17.3 Å². The van der Waals surface area contributed by atoms with Crippen molar-refractivity contribution < 1.29 is 17.6 Å². The van der Waals surface area contributed by atoms with Crippen LogP contribution in [0, 0.1) is 6.92 Å². The predicted octanol–water partition coefficient (Wildman–Crippen LogP) is 4.16. The van der Waals surface area contributed by atoms with Crippen LogP contribution in [0.5, 0.6) is 0 Å². The summed E-state index contributed by atoms with van der Waals surface area (Å²) < 4.78 is 45.1. The molecule has 3 rings (SSSR count). The normalized spacial score (nSPS) is 11.9. The molecule has 0 aliphatic carbocycles. The molecule has 0 saturated heterocycles. The zero-order valence-corrected chi connectivity index (χ0v) is 13.3. The predicted molar refractivity (Wildman–Crippen MR) is 80.4 cm³/mol. The van der Waals surface area contributed by atoms with Crippen LogP contribution in [0.3, 0.4) is 0 Å². The first-order chi connectivity index (χ1) is 11.4. The molecule has 2 heterocycles. The lowest BCUT2D eigenvalue weighted by Crippen LogP contribution is -2.10. The molecule has 5 nitrogen and oxygen atoms in total. The van der Waals surface area contributed by atoms with E-state index in [1.54, 1.807) is 0 Å². The molecule has 0 N–H and O–H groups in total. The van der Waals surface area contributed by atoms with Gasteiger partial charge in [-0.15, -0.1) is 10.2 Å². The fourth-order valence-corrected chi connectivity index (χ4v) is 2.42. The third-order valence-electron chi connectivity index (χ3n) is 3.43. The molecule has 0 radical (unpaired) electrons. The summed E-state index contributed by atoms with van der Waals surface area (Å²) in [6, 6.07) is 9.19. The van der Waals surface area contributed by atoms with Gasteiger partial charge in [0.1, 0.15) is 0 Å². The minimum absolute atomic E-state index is 0.151. The van der Waals surface area contributed by atoms with Crippen molar-refractivity contribution in [2.75, 3.05) is 0 Å². The smallest absolute Gasteiger partial charge is 0.421 e. The molecule has 0 fully saturated rings. The fraction of sp³-hybridized carbons (Fsp3) is 0.267. The van der Waals surface area contributed by atoms with E-state index in [4.69, 9.17) is 16.0 Å². The molecule has 0 spiro atoms. The first-order valence-corrected chi connectivity index (χ1v) is 7.42. The van der Waals surface area contributed by atoms with Crippen LogP contribution in [0.15, 0.2) is 34.7 Å².